The molecule has 1 aliphatic rings. The quantitative estimate of drug-likeness (QED) is 0.797. The number of carbonyl (C=O) groups is 2. The zero-order valence-corrected chi connectivity index (χ0v) is 13.0. The maximum atomic E-state index is 12.2. The zero-order valence-electron chi connectivity index (χ0n) is 8.97. The number of β-amino-alcohol motifs (C(OH)–C–C–N with tert-alkyl or cyclic N) is 1. The standard InChI is InChI=1S/C10H9Br2NO4S/c11-5-2-7(18-8(5)12)9(15)13-3-4(14)1-6(13)10(16)17/h2,4,6,14H,1,3H2,(H,16,17)/t4-,6-/m1/s1. The van der Waals surface area contributed by atoms with Crippen molar-refractivity contribution in [1.82, 2.24) is 4.90 Å². The minimum atomic E-state index is -1.09. The highest BCUT2D eigenvalue weighted by Crippen LogP contribution is 2.34. The van der Waals surface area contributed by atoms with Crippen LogP contribution in [0.3, 0.4) is 0 Å². The van der Waals surface area contributed by atoms with Crippen molar-refractivity contribution in [3.8, 4) is 0 Å². The largest absolute Gasteiger partial charge is 0.480 e. The number of rotatable bonds is 2. The normalized spacial score (nSPS) is 23.4. The van der Waals surface area contributed by atoms with E-state index in [9.17, 15) is 14.7 Å². The Morgan fingerprint density at radius 3 is 2.61 bits per heavy atom. The average Bonchev–Trinajstić information content (AvgIpc) is 2.82. The molecule has 5 nitrogen and oxygen atoms in total. The maximum absolute atomic E-state index is 12.2. The van der Waals surface area contributed by atoms with E-state index in [0.717, 1.165) is 8.26 Å². The van der Waals surface area contributed by atoms with Crippen LogP contribution >= 0.6 is 43.2 Å². The van der Waals surface area contributed by atoms with E-state index in [0.29, 0.717) is 4.88 Å². The summed E-state index contributed by atoms with van der Waals surface area (Å²) in [4.78, 5) is 24.9. The van der Waals surface area contributed by atoms with Crippen LogP contribution in [0.15, 0.2) is 14.3 Å². The van der Waals surface area contributed by atoms with Gasteiger partial charge in [0.15, 0.2) is 0 Å². The third kappa shape index (κ3) is 2.61. The van der Waals surface area contributed by atoms with Gasteiger partial charge in [-0.2, -0.15) is 0 Å². The van der Waals surface area contributed by atoms with E-state index in [1.807, 2.05) is 0 Å². The Balaban J connectivity index is 2.25. The second-order valence-electron chi connectivity index (χ2n) is 3.93. The Morgan fingerprint density at radius 1 is 1.44 bits per heavy atom. The summed E-state index contributed by atoms with van der Waals surface area (Å²) >= 11 is 7.79. The van der Waals surface area contributed by atoms with E-state index in [2.05, 4.69) is 31.9 Å². The van der Waals surface area contributed by atoms with Gasteiger partial charge in [0.05, 0.1) is 14.8 Å². The van der Waals surface area contributed by atoms with Gasteiger partial charge in [0.1, 0.15) is 6.04 Å². The Bertz CT molecular complexity index is 485. The lowest BCUT2D eigenvalue weighted by Gasteiger charge is -2.20. The van der Waals surface area contributed by atoms with Crippen molar-refractivity contribution < 1.29 is 19.8 Å². The van der Waals surface area contributed by atoms with Gasteiger partial charge in [0, 0.05) is 17.4 Å². The lowest BCUT2D eigenvalue weighted by Crippen LogP contribution is -2.40. The number of hydrogen-bond acceptors (Lipinski definition) is 4. The van der Waals surface area contributed by atoms with Gasteiger partial charge in [0.2, 0.25) is 0 Å². The zero-order chi connectivity index (χ0) is 13.4. The third-order valence-electron chi connectivity index (χ3n) is 2.68. The molecule has 98 valence electrons. The van der Waals surface area contributed by atoms with Crippen molar-refractivity contribution >= 4 is 55.1 Å². The Morgan fingerprint density at radius 2 is 2.11 bits per heavy atom. The molecule has 1 aromatic heterocycles. The molecule has 0 spiro atoms. The highest BCUT2D eigenvalue weighted by atomic mass is 79.9. The molecular weight excluding hydrogens is 390 g/mol. The minimum Gasteiger partial charge on any atom is -0.480 e. The van der Waals surface area contributed by atoms with E-state index in [1.54, 1.807) is 6.07 Å². The number of carbonyl (C=O) groups excluding carboxylic acids is 1. The number of nitrogens with zero attached hydrogens (tertiary/aromatic N) is 1. The van der Waals surface area contributed by atoms with Gasteiger partial charge in [-0.1, -0.05) is 0 Å². The summed E-state index contributed by atoms with van der Waals surface area (Å²) in [5, 5.41) is 18.5. The van der Waals surface area contributed by atoms with E-state index < -0.39 is 18.1 Å². The first-order chi connectivity index (χ1) is 8.40. The lowest BCUT2D eigenvalue weighted by atomic mass is 10.2. The molecule has 1 amide bonds. The monoisotopic (exact) mass is 397 g/mol. The van der Waals surface area contributed by atoms with Crippen molar-refractivity contribution in [1.29, 1.82) is 0 Å². The molecule has 0 aliphatic carbocycles. The van der Waals surface area contributed by atoms with E-state index in [-0.39, 0.29) is 18.9 Å². The molecular formula is C10H9Br2NO4S. The second-order valence-corrected chi connectivity index (χ2v) is 7.16. The number of likely N-dealkylation sites (tertiary alicyclic amines) is 1. The maximum Gasteiger partial charge on any atom is 0.326 e. The molecule has 1 fully saturated rings. The topological polar surface area (TPSA) is 77.8 Å². The first-order valence-corrected chi connectivity index (χ1v) is 7.47. The van der Waals surface area contributed by atoms with Crippen molar-refractivity contribution in [2.75, 3.05) is 6.54 Å². The minimum absolute atomic E-state index is 0.0585. The molecule has 18 heavy (non-hydrogen) atoms. The van der Waals surface area contributed by atoms with E-state index in [1.165, 1.54) is 16.2 Å². The van der Waals surface area contributed by atoms with Crippen LogP contribution < -0.4 is 0 Å². The molecule has 1 aromatic rings. The van der Waals surface area contributed by atoms with Crippen LogP contribution in [-0.2, 0) is 4.79 Å². The number of carboxylic acids is 1. The molecule has 1 saturated heterocycles. The van der Waals surface area contributed by atoms with Crippen LogP contribution in [0, 0.1) is 0 Å². The summed E-state index contributed by atoms with van der Waals surface area (Å²) in [5.41, 5.74) is 0. The number of halogens is 2. The van der Waals surface area contributed by atoms with Gasteiger partial charge < -0.3 is 15.1 Å². The summed E-state index contributed by atoms with van der Waals surface area (Å²) in [7, 11) is 0. The van der Waals surface area contributed by atoms with Crippen molar-refractivity contribution in [3.05, 3.63) is 19.2 Å². The molecule has 8 heteroatoms. The highest BCUT2D eigenvalue weighted by molar-refractivity contribution is 9.13. The fraction of sp³-hybridized carbons (Fsp3) is 0.400. The summed E-state index contributed by atoms with van der Waals surface area (Å²) in [6.07, 6.45) is -0.698. The van der Waals surface area contributed by atoms with E-state index in [4.69, 9.17) is 5.11 Å². The Hall–Kier alpha value is -0.440. The van der Waals surface area contributed by atoms with Gasteiger partial charge in [-0.25, -0.2) is 4.79 Å². The molecule has 2 heterocycles. The summed E-state index contributed by atoms with van der Waals surface area (Å²) in [6, 6.07) is 0.688. The molecule has 2 rings (SSSR count). The summed E-state index contributed by atoms with van der Waals surface area (Å²) in [5.74, 6) is -1.45. The molecule has 0 saturated carbocycles. The highest BCUT2D eigenvalue weighted by Gasteiger charge is 2.39. The number of hydrogen-bond donors (Lipinski definition) is 2. The van der Waals surface area contributed by atoms with Crippen LogP contribution in [0.4, 0.5) is 0 Å². The van der Waals surface area contributed by atoms with Gasteiger partial charge >= 0.3 is 5.97 Å². The lowest BCUT2D eigenvalue weighted by molar-refractivity contribution is -0.141. The summed E-state index contributed by atoms with van der Waals surface area (Å²) in [6.45, 7) is 0.0585. The SMILES string of the molecule is O=C(O)[C@H]1C[C@@H](O)CN1C(=O)c1cc(Br)c(Br)s1. The predicted octanol–water partition coefficient (Wildman–Crippen LogP) is 1.93. The smallest absolute Gasteiger partial charge is 0.326 e. The fourth-order valence-corrected chi connectivity index (χ4v) is 3.86. The predicted molar refractivity (Wildman–Crippen MR) is 72.8 cm³/mol. The first kappa shape index (κ1) is 14.0. The fourth-order valence-electron chi connectivity index (χ4n) is 1.87. The number of carboxylic acid groups (broad SMARTS) is 1. The van der Waals surface area contributed by atoms with Gasteiger partial charge in [-0.15, -0.1) is 11.3 Å². The van der Waals surface area contributed by atoms with Crippen molar-refractivity contribution in [3.63, 3.8) is 0 Å². The first-order valence-electron chi connectivity index (χ1n) is 5.07. The molecule has 1 aliphatic heterocycles. The average molecular weight is 399 g/mol. The van der Waals surface area contributed by atoms with Crippen LogP contribution in [0.25, 0.3) is 0 Å². The number of aliphatic hydroxyl groups excluding tert-OH is 1. The van der Waals surface area contributed by atoms with Gasteiger partial charge in [-0.05, 0) is 37.9 Å². The summed E-state index contributed by atoms with van der Waals surface area (Å²) < 4.78 is 1.53. The van der Waals surface area contributed by atoms with Gasteiger partial charge in [0.25, 0.3) is 5.91 Å². The molecule has 0 aromatic carbocycles. The molecule has 0 radical (unpaired) electrons. The molecule has 0 bridgehead atoms. The molecule has 0 unspecified atom stereocenters. The number of thiophene rings is 1. The number of aliphatic carboxylic acids is 1. The van der Waals surface area contributed by atoms with Gasteiger partial charge in [-0.3, -0.25) is 4.79 Å². The van der Waals surface area contributed by atoms with Crippen LogP contribution in [0.2, 0.25) is 0 Å². The molecule has 2 N–H and O–H groups in total. The second kappa shape index (κ2) is 5.28. The van der Waals surface area contributed by atoms with Crippen molar-refractivity contribution in [2.45, 2.75) is 18.6 Å². The number of aliphatic hydroxyl groups is 1. The molecule has 2 atom stereocenters. The van der Waals surface area contributed by atoms with Crippen molar-refractivity contribution in [2.24, 2.45) is 0 Å². The van der Waals surface area contributed by atoms with E-state index >= 15 is 0 Å². The Kier molecular flexibility index (Phi) is 4.10. The number of amides is 1. The Labute approximate surface area is 124 Å². The van der Waals surface area contributed by atoms with Crippen LogP contribution in [0.1, 0.15) is 16.1 Å². The van der Waals surface area contributed by atoms with Crippen LogP contribution in [0.5, 0.6) is 0 Å². The van der Waals surface area contributed by atoms with Crippen LogP contribution in [-0.4, -0.2) is 45.7 Å². The third-order valence-corrected chi connectivity index (χ3v) is 5.93.